The fraction of sp³-hybridized carbons (Fsp3) is 0.846. The quantitative estimate of drug-likeness (QED) is 0.460. The second kappa shape index (κ2) is 8.12. The van der Waals surface area contributed by atoms with Crippen LogP contribution in [-0.4, -0.2) is 47.3 Å². The highest BCUT2D eigenvalue weighted by molar-refractivity contribution is 5.81. The molecule has 2 amide bonds. The molecule has 0 saturated heterocycles. The number of carbonyl (C=O) groups excluding carboxylic acids is 2. The smallest absolute Gasteiger partial charge is 0.249 e. The van der Waals surface area contributed by atoms with E-state index in [1.54, 1.807) is 13.8 Å². The highest BCUT2D eigenvalue weighted by Crippen LogP contribution is 2.19. The third-order valence-electron chi connectivity index (χ3n) is 2.73. The predicted octanol–water partition coefficient (Wildman–Crippen LogP) is -0.213. The van der Waals surface area contributed by atoms with E-state index in [0.717, 1.165) is 0 Å². The van der Waals surface area contributed by atoms with Crippen molar-refractivity contribution < 1.29 is 19.8 Å². The molecule has 0 rings (SSSR count). The fourth-order valence-corrected chi connectivity index (χ4v) is 1.39. The normalized spacial score (nSPS) is 13.2. The molecule has 0 aromatic heterocycles. The number of hydrogen-bond acceptors (Lipinski definition) is 4. The largest absolute Gasteiger partial charge is 0.396 e. The first-order valence-corrected chi connectivity index (χ1v) is 6.56. The van der Waals surface area contributed by atoms with Gasteiger partial charge in [0.2, 0.25) is 11.8 Å². The van der Waals surface area contributed by atoms with Crippen molar-refractivity contribution in [3.63, 3.8) is 0 Å². The van der Waals surface area contributed by atoms with Crippen LogP contribution in [0.4, 0.5) is 0 Å². The molecule has 0 aliphatic carbocycles. The van der Waals surface area contributed by atoms with Gasteiger partial charge in [0.25, 0.3) is 0 Å². The summed E-state index contributed by atoms with van der Waals surface area (Å²) < 4.78 is 0. The molecule has 0 radical (unpaired) electrons. The average molecular weight is 274 g/mol. The monoisotopic (exact) mass is 274 g/mol. The van der Waals surface area contributed by atoms with Gasteiger partial charge in [0, 0.05) is 24.4 Å². The molecule has 6 nitrogen and oxygen atoms in total. The van der Waals surface area contributed by atoms with E-state index in [2.05, 4.69) is 10.6 Å². The van der Waals surface area contributed by atoms with E-state index < -0.39 is 17.4 Å². The van der Waals surface area contributed by atoms with Gasteiger partial charge in [-0.2, -0.15) is 0 Å². The summed E-state index contributed by atoms with van der Waals surface area (Å²) >= 11 is 0. The zero-order valence-electron chi connectivity index (χ0n) is 12.2. The highest BCUT2D eigenvalue weighted by Gasteiger charge is 2.32. The molecule has 0 heterocycles. The summed E-state index contributed by atoms with van der Waals surface area (Å²) in [4.78, 5) is 22.9. The molecule has 4 N–H and O–H groups in total. The molecule has 0 aromatic rings. The van der Waals surface area contributed by atoms with Crippen LogP contribution in [0.15, 0.2) is 0 Å². The highest BCUT2D eigenvalue weighted by atomic mass is 16.3. The molecule has 0 fully saturated rings. The van der Waals surface area contributed by atoms with Crippen molar-refractivity contribution in [1.82, 2.24) is 10.6 Å². The molecule has 0 aliphatic rings. The third-order valence-corrected chi connectivity index (χ3v) is 2.73. The van der Waals surface area contributed by atoms with E-state index in [0.29, 0.717) is 19.4 Å². The van der Waals surface area contributed by atoms with Gasteiger partial charge in [0.05, 0.1) is 6.61 Å². The van der Waals surface area contributed by atoms with Gasteiger partial charge in [0.1, 0.15) is 6.10 Å². The van der Waals surface area contributed by atoms with Crippen molar-refractivity contribution in [3.05, 3.63) is 0 Å². The minimum Gasteiger partial charge on any atom is -0.396 e. The lowest BCUT2D eigenvalue weighted by Crippen LogP contribution is -2.45. The van der Waals surface area contributed by atoms with Crippen molar-refractivity contribution in [1.29, 1.82) is 0 Å². The topological polar surface area (TPSA) is 98.7 Å². The Bertz CT molecular complexity index is 303. The molecule has 0 aromatic carbocycles. The van der Waals surface area contributed by atoms with Crippen LogP contribution in [0.3, 0.4) is 0 Å². The van der Waals surface area contributed by atoms with Crippen molar-refractivity contribution >= 4 is 11.8 Å². The molecule has 19 heavy (non-hydrogen) atoms. The van der Waals surface area contributed by atoms with E-state index in [-0.39, 0.29) is 18.6 Å². The lowest BCUT2D eigenvalue weighted by atomic mass is 9.87. The maximum absolute atomic E-state index is 11.6. The Hall–Kier alpha value is -1.14. The van der Waals surface area contributed by atoms with Gasteiger partial charge in [-0.1, -0.05) is 13.8 Å². The van der Waals surface area contributed by atoms with Gasteiger partial charge in [-0.3, -0.25) is 9.59 Å². The van der Waals surface area contributed by atoms with Gasteiger partial charge in [0.15, 0.2) is 0 Å². The second-order valence-electron chi connectivity index (χ2n) is 5.67. The van der Waals surface area contributed by atoms with Crippen LogP contribution in [-0.2, 0) is 9.59 Å². The molecule has 112 valence electrons. The molecule has 0 unspecified atom stereocenters. The first-order valence-electron chi connectivity index (χ1n) is 6.56. The van der Waals surface area contributed by atoms with Crippen LogP contribution in [0.1, 0.15) is 40.5 Å². The summed E-state index contributed by atoms with van der Waals surface area (Å²) in [6.45, 7) is 7.02. The Morgan fingerprint density at radius 1 is 1.26 bits per heavy atom. The van der Waals surface area contributed by atoms with Crippen LogP contribution in [0.2, 0.25) is 0 Å². The molecule has 0 bridgehead atoms. The van der Waals surface area contributed by atoms with E-state index in [1.165, 1.54) is 0 Å². The van der Waals surface area contributed by atoms with E-state index >= 15 is 0 Å². The van der Waals surface area contributed by atoms with Crippen LogP contribution < -0.4 is 10.6 Å². The standard InChI is InChI=1S/C13H26N2O4/c1-9(2)15-10(17)6-5-7-14-12(19)11(18)13(3,4)8-16/h9,11,16,18H,5-8H2,1-4H3,(H,14,19)(H,15,17)/t11-/m0/s1. The molecule has 0 aliphatic heterocycles. The lowest BCUT2D eigenvalue weighted by molar-refractivity contribution is -0.137. The summed E-state index contributed by atoms with van der Waals surface area (Å²) in [6, 6.07) is 0.106. The number of aliphatic hydroxyl groups excluding tert-OH is 2. The number of rotatable bonds is 8. The van der Waals surface area contributed by atoms with Crippen LogP contribution >= 0.6 is 0 Å². The van der Waals surface area contributed by atoms with Crippen LogP contribution in [0, 0.1) is 5.41 Å². The molecule has 1 atom stereocenters. The van der Waals surface area contributed by atoms with Gasteiger partial charge >= 0.3 is 0 Å². The molecular formula is C13H26N2O4. The van der Waals surface area contributed by atoms with Crippen molar-refractivity contribution in [2.45, 2.75) is 52.7 Å². The number of carbonyl (C=O) groups is 2. The predicted molar refractivity (Wildman–Crippen MR) is 72.4 cm³/mol. The van der Waals surface area contributed by atoms with E-state index in [9.17, 15) is 14.7 Å². The lowest BCUT2D eigenvalue weighted by Gasteiger charge is -2.27. The number of nitrogens with one attached hydrogen (secondary N) is 2. The van der Waals surface area contributed by atoms with Crippen LogP contribution in [0.25, 0.3) is 0 Å². The number of hydrogen-bond donors (Lipinski definition) is 4. The summed E-state index contributed by atoms with van der Waals surface area (Å²) in [5.74, 6) is -0.580. The van der Waals surface area contributed by atoms with Gasteiger partial charge < -0.3 is 20.8 Å². The molecule has 0 spiro atoms. The van der Waals surface area contributed by atoms with Gasteiger partial charge in [-0.05, 0) is 20.3 Å². The summed E-state index contributed by atoms with van der Waals surface area (Å²) in [5, 5.41) is 24.1. The number of amides is 2. The number of aliphatic hydroxyl groups is 2. The third kappa shape index (κ3) is 7.12. The maximum atomic E-state index is 11.6. The Kier molecular flexibility index (Phi) is 7.63. The molecule has 0 saturated carbocycles. The Balaban J connectivity index is 3.90. The van der Waals surface area contributed by atoms with Crippen molar-refractivity contribution in [2.24, 2.45) is 5.41 Å². The van der Waals surface area contributed by atoms with E-state index in [4.69, 9.17) is 5.11 Å². The second-order valence-corrected chi connectivity index (χ2v) is 5.67. The molecular weight excluding hydrogens is 248 g/mol. The minimum atomic E-state index is -1.26. The maximum Gasteiger partial charge on any atom is 0.249 e. The first kappa shape index (κ1) is 17.9. The Labute approximate surface area is 114 Å². The average Bonchev–Trinajstić information content (AvgIpc) is 2.32. The summed E-state index contributed by atoms with van der Waals surface area (Å²) in [6.07, 6.45) is -0.420. The van der Waals surface area contributed by atoms with Crippen LogP contribution in [0.5, 0.6) is 0 Å². The minimum absolute atomic E-state index is 0.0551. The SMILES string of the molecule is CC(C)NC(=O)CCCNC(=O)[C@H](O)C(C)(C)CO. The van der Waals surface area contributed by atoms with Crippen molar-refractivity contribution in [2.75, 3.05) is 13.2 Å². The Morgan fingerprint density at radius 2 is 1.84 bits per heavy atom. The summed E-state index contributed by atoms with van der Waals surface area (Å²) in [5.41, 5.74) is -0.876. The first-order chi connectivity index (χ1) is 8.70. The molecule has 6 heteroatoms. The Morgan fingerprint density at radius 3 is 2.32 bits per heavy atom. The zero-order valence-corrected chi connectivity index (χ0v) is 12.2. The van der Waals surface area contributed by atoms with Gasteiger partial charge in [-0.15, -0.1) is 0 Å². The fourth-order valence-electron chi connectivity index (χ4n) is 1.39. The zero-order chi connectivity index (χ0) is 15.1. The van der Waals surface area contributed by atoms with Crippen molar-refractivity contribution in [3.8, 4) is 0 Å². The van der Waals surface area contributed by atoms with Gasteiger partial charge in [-0.25, -0.2) is 0 Å². The van der Waals surface area contributed by atoms with E-state index in [1.807, 2.05) is 13.8 Å². The summed E-state index contributed by atoms with van der Waals surface area (Å²) in [7, 11) is 0.